The van der Waals surface area contributed by atoms with Crippen molar-refractivity contribution >= 4 is 40.2 Å². The first-order valence-electron chi connectivity index (χ1n) is 7.79. The monoisotopic (exact) mass is 368 g/mol. The van der Waals surface area contributed by atoms with Gasteiger partial charge in [-0.15, -0.1) is 11.8 Å². The molecular weight excluding hydrogens is 348 g/mol. The Labute approximate surface area is 150 Å². The lowest BCUT2D eigenvalue weighted by molar-refractivity contribution is -0.118. The average molecular weight is 369 g/mol. The third-order valence-electron chi connectivity index (χ3n) is 3.52. The lowest BCUT2D eigenvalue weighted by Gasteiger charge is -2.10. The van der Waals surface area contributed by atoms with Gasteiger partial charge in [0.1, 0.15) is 0 Å². The van der Waals surface area contributed by atoms with Gasteiger partial charge in [-0.3, -0.25) is 9.59 Å². The van der Waals surface area contributed by atoms with E-state index in [-0.39, 0.29) is 17.2 Å². The molecule has 24 heavy (non-hydrogen) atoms. The van der Waals surface area contributed by atoms with Crippen molar-refractivity contribution in [3.63, 3.8) is 0 Å². The third kappa shape index (κ3) is 5.00. The molecule has 1 aromatic heterocycles. The Hall–Kier alpha value is -1.50. The van der Waals surface area contributed by atoms with Crippen molar-refractivity contribution in [3.05, 3.63) is 39.6 Å². The molecular formula is C17H21ClN2O3S. The summed E-state index contributed by atoms with van der Waals surface area (Å²) in [6.45, 7) is 3.86. The van der Waals surface area contributed by atoms with E-state index in [0.29, 0.717) is 24.8 Å². The molecule has 5 nitrogen and oxygen atoms in total. The highest BCUT2D eigenvalue weighted by Crippen LogP contribution is 2.27. The standard InChI is InChI=1S/C17H21ClN2O3S/c1-3-23-8-4-7-19-16(21)11-24-15-10-17(22)20(2)14-9-12(18)5-6-13(14)15/h5-6,9-10H,3-4,7-8,11H2,1-2H3,(H,19,21). The lowest BCUT2D eigenvalue weighted by Crippen LogP contribution is -2.27. The fraction of sp³-hybridized carbons (Fsp3) is 0.412. The average Bonchev–Trinajstić information content (AvgIpc) is 2.56. The second-order valence-corrected chi connectivity index (χ2v) is 6.71. The predicted molar refractivity (Wildman–Crippen MR) is 99.0 cm³/mol. The van der Waals surface area contributed by atoms with E-state index in [0.717, 1.165) is 22.2 Å². The highest BCUT2D eigenvalue weighted by Gasteiger charge is 2.10. The topological polar surface area (TPSA) is 60.3 Å². The second-order valence-electron chi connectivity index (χ2n) is 5.26. The lowest BCUT2D eigenvalue weighted by atomic mass is 10.2. The molecule has 0 saturated carbocycles. The molecule has 0 fully saturated rings. The summed E-state index contributed by atoms with van der Waals surface area (Å²) in [7, 11) is 1.71. The van der Waals surface area contributed by atoms with Gasteiger partial charge in [0.05, 0.1) is 11.3 Å². The van der Waals surface area contributed by atoms with Crippen LogP contribution in [0.2, 0.25) is 5.02 Å². The predicted octanol–water partition coefficient (Wildman–Crippen LogP) is 2.83. The van der Waals surface area contributed by atoms with Crippen LogP contribution in [-0.2, 0) is 16.6 Å². The zero-order chi connectivity index (χ0) is 17.5. The maximum absolute atomic E-state index is 12.1. The molecule has 0 bridgehead atoms. The van der Waals surface area contributed by atoms with Crippen molar-refractivity contribution in [2.24, 2.45) is 7.05 Å². The number of carbonyl (C=O) groups is 1. The van der Waals surface area contributed by atoms with E-state index in [9.17, 15) is 9.59 Å². The number of aromatic nitrogens is 1. The minimum absolute atomic E-state index is 0.0562. The van der Waals surface area contributed by atoms with Crippen LogP contribution in [0.15, 0.2) is 34.0 Å². The van der Waals surface area contributed by atoms with E-state index >= 15 is 0 Å². The van der Waals surface area contributed by atoms with E-state index in [1.807, 2.05) is 13.0 Å². The molecule has 0 atom stereocenters. The van der Waals surface area contributed by atoms with Crippen molar-refractivity contribution in [3.8, 4) is 0 Å². The van der Waals surface area contributed by atoms with Crippen LogP contribution in [0.5, 0.6) is 0 Å². The number of fused-ring (bicyclic) bond motifs is 1. The van der Waals surface area contributed by atoms with Crippen molar-refractivity contribution < 1.29 is 9.53 Å². The Morgan fingerprint density at radius 3 is 2.92 bits per heavy atom. The summed E-state index contributed by atoms with van der Waals surface area (Å²) in [6, 6.07) is 6.98. The number of ether oxygens (including phenoxy) is 1. The Bertz CT molecular complexity index is 776. The van der Waals surface area contributed by atoms with Crippen molar-refractivity contribution in [1.29, 1.82) is 0 Å². The number of pyridine rings is 1. The summed E-state index contributed by atoms with van der Waals surface area (Å²) in [5.74, 6) is 0.207. The minimum Gasteiger partial charge on any atom is -0.382 e. The summed E-state index contributed by atoms with van der Waals surface area (Å²) in [6.07, 6.45) is 0.789. The van der Waals surface area contributed by atoms with Gasteiger partial charge in [0.15, 0.2) is 0 Å². The Balaban J connectivity index is 2.01. The van der Waals surface area contributed by atoms with E-state index in [4.69, 9.17) is 16.3 Å². The Kier molecular flexibility index (Phi) is 7.15. The fourth-order valence-corrected chi connectivity index (χ4v) is 3.32. The molecule has 0 radical (unpaired) electrons. The van der Waals surface area contributed by atoms with Gasteiger partial charge in [0.2, 0.25) is 5.91 Å². The molecule has 1 amide bonds. The first kappa shape index (κ1) is 18.8. The maximum Gasteiger partial charge on any atom is 0.251 e. The normalized spacial score (nSPS) is 11.0. The van der Waals surface area contributed by atoms with Gasteiger partial charge in [-0.1, -0.05) is 17.7 Å². The number of hydrogen-bond acceptors (Lipinski definition) is 4. The Morgan fingerprint density at radius 2 is 2.17 bits per heavy atom. The highest BCUT2D eigenvalue weighted by molar-refractivity contribution is 8.00. The first-order valence-corrected chi connectivity index (χ1v) is 9.15. The smallest absolute Gasteiger partial charge is 0.251 e. The molecule has 2 aromatic rings. The third-order valence-corrected chi connectivity index (χ3v) is 4.81. The SMILES string of the molecule is CCOCCCNC(=O)CSc1cc(=O)n(C)c2cc(Cl)ccc12. The van der Waals surface area contributed by atoms with Crippen molar-refractivity contribution in [1.82, 2.24) is 9.88 Å². The van der Waals surface area contributed by atoms with Crippen LogP contribution in [-0.4, -0.2) is 36.0 Å². The van der Waals surface area contributed by atoms with Crippen LogP contribution in [0.1, 0.15) is 13.3 Å². The highest BCUT2D eigenvalue weighted by atomic mass is 35.5. The second kappa shape index (κ2) is 9.11. The molecule has 0 spiro atoms. The van der Waals surface area contributed by atoms with Gasteiger partial charge in [0, 0.05) is 48.2 Å². The first-order chi connectivity index (χ1) is 11.5. The van der Waals surface area contributed by atoms with E-state index in [2.05, 4.69) is 5.32 Å². The van der Waals surface area contributed by atoms with Gasteiger partial charge in [-0.25, -0.2) is 0 Å². The summed E-state index contributed by atoms with van der Waals surface area (Å²) < 4.78 is 6.78. The molecule has 0 aliphatic heterocycles. The number of rotatable bonds is 8. The number of halogens is 1. The van der Waals surface area contributed by atoms with Gasteiger partial charge in [0.25, 0.3) is 5.56 Å². The molecule has 0 aliphatic rings. The van der Waals surface area contributed by atoms with Crippen LogP contribution in [0.3, 0.4) is 0 Å². The zero-order valence-corrected chi connectivity index (χ0v) is 15.4. The number of aryl methyl sites for hydroxylation is 1. The van der Waals surface area contributed by atoms with E-state index < -0.39 is 0 Å². The molecule has 1 N–H and O–H groups in total. The quantitative estimate of drug-likeness (QED) is 0.575. The maximum atomic E-state index is 12.1. The number of hydrogen-bond donors (Lipinski definition) is 1. The molecule has 0 aliphatic carbocycles. The summed E-state index contributed by atoms with van der Waals surface area (Å²) >= 11 is 7.38. The van der Waals surface area contributed by atoms with Gasteiger partial charge >= 0.3 is 0 Å². The molecule has 2 rings (SSSR count). The van der Waals surface area contributed by atoms with Crippen LogP contribution in [0.4, 0.5) is 0 Å². The Morgan fingerprint density at radius 1 is 1.38 bits per heavy atom. The van der Waals surface area contributed by atoms with Crippen LogP contribution < -0.4 is 10.9 Å². The summed E-state index contributed by atoms with van der Waals surface area (Å²) in [5.41, 5.74) is 0.638. The van der Waals surface area contributed by atoms with E-state index in [1.165, 1.54) is 11.8 Å². The number of benzene rings is 1. The van der Waals surface area contributed by atoms with E-state index in [1.54, 1.807) is 29.8 Å². The molecule has 1 heterocycles. The summed E-state index contributed by atoms with van der Waals surface area (Å²) in [4.78, 5) is 24.8. The van der Waals surface area contributed by atoms with Crippen LogP contribution in [0.25, 0.3) is 10.9 Å². The van der Waals surface area contributed by atoms with Gasteiger partial charge in [-0.2, -0.15) is 0 Å². The zero-order valence-electron chi connectivity index (χ0n) is 13.8. The number of carbonyl (C=O) groups excluding carboxylic acids is 1. The fourth-order valence-electron chi connectivity index (χ4n) is 2.26. The summed E-state index contributed by atoms with van der Waals surface area (Å²) in [5, 5.41) is 4.34. The molecule has 130 valence electrons. The number of nitrogens with one attached hydrogen (secondary N) is 1. The molecule has 7 heteroatoms. The number of nitrogens with zero attached hydrogens (tertiary/aromatic N) is 1. The van der Waals surface area contributed by atoms with Crippen LogP contribution >= 0.6 is 23.4 Å². The van der Waals surface area contributed by atoms with Gasteiger partial charge in [-0.05, 0) is 25.5 Å². The molecule has 0 unspecified atom stereocenters. The minimum atomic E-state index is -0.121. The van der Waals surface area contributed by atoms with Crippen molar-refractivity contribution in [2.75, 3.05) is 25.5 Å². The van der Waals surface area contributed by atoms with Gasteiger partial charge < -0.3 is 14.6 Å². The largest absolute Gasteiger partial charge is 0.382 e. The number of thioether (sulfide) groups is 1. The molecule has 0 saturated heterocycles. The van der Waals surface area contributed by atoms with Crippen LogP contribution in [0, 0.1) is 0 Å². The number of amides is 1. The molecule has 1 aromatic carbocycles. The van der Waals surface area contributed by atoms with Crippen molar-refractivity contribution in [2.45, 2.75) is 18.2 Å².